The van der Waals surface area contributed by atoms with Crippen LogP contribution in [-0.4, -0.2) is 57.1 Å². The van der Waals surface area contributed by atoms with E-state index >= 15 is 0 Å². The third-order valence-electron chi connectivity index (χ3n) is 3.48. The van der Waals surface area contributed by atoms with Crippen molar-refractivity contribution in [3.8, 4) is 0 Å². The first-order chi connectivity index (χ1) is 10.2. The molecule has 0 aromatic carbocycles. The van der Waals surface area contributed by atoms with Crippen LogP contribution >= 0.6 is 11.3 Å². The van der Waals surface area contributed by atoms with E-state index in [1.54, 1.807) is 0 Å². The molecule has 7 heteroatoms. The summed E-state index contributed by atoms with van der Waals surface area (Å²) in [7, 11) is 0. The molecular formula is C14H17N5OS. The summed E-state index contributed by atoms with van der Waals surface area (Å²) in [5, 5.41) is 9.15. The highest BCUT2D eigenvalue weighted by molar-refractivity contribution is 7.13. The predicted molar refractivity (Wildman–Crippen MR) is 80.1 cm³/mol. The van der Waals surface area contributed by atoms with Crippen LogP contribution in [0.5, 0.6) is 0 Å². The van der Waals surface area contributed by atoms with Crippen LogP contribution in [0, 0.1) is 6.92 Å². The summed E-state index contributed by atoms with van der Waals surface area (Å²) >= 11 is 1.36. The van der Waals surface area contributed by atoms with Crippen LogP contribution in [0.3, 0.4) is 0 Å². The maximum atomic E-state index is 12.3. The lowest BCUT2D eigenvalue weighted by molar-refractivity contribution is 0.0626. The molecule has 2 aromatic rings. The molecule has 0 atom stereocenters. The molecule has 1 fully saturated rings. The van der Waals surface area contributed by atoms with E-state index in [4.69, 9.17) is 0 Å². The summed E-state index contributed by atoms with van der Waals surface area (Å²) in [4.78, 5) is 20.8. The minimum atomic E-state index is -0.00177. The number of nitrogens with zero attached hydrogens (tertiary/aromatic N) is 5. The van der Waals surface area contributed by atoms with Crippen molar-refractivity contribution in [3.63, 3.8) is 0 Å². The second kappa shape index (κ2) is 6.28. The Kier molecular flexibility index (Phi) is 4.21. The number of aryl methyl sites for hydroxylation is 1. The minimum Gasteiger partial charge on any atom is -0.334 e. The van der Waals surface area contributed by atoms with Gasteiger partial charge in [-0.15, -0.1) is 10.2 Å². The average Bonchev–Trinajstić information content (AvgIpc) is 2.95. The van der Waals surface area contributed by atoms with Gasteiger partial charge in [0.15, 0.2) is 0 Å². The lowest BCUT2D eigenvalue weighted by Crippen LogP contribution is -2.48. The second-order valence-electron chi connectivity index (χ2n) is 5.02. The van der Waals surface area contributed by atoms with Gasteiger partial charge in [0, 0.05) is 38.9 Å². The van der Waals surface area contributed by atoms with Crippen molar-refractivity contribution in [2.24, 2.45) is 0 Å². The summed E-state index contributed by atoms with van der Waals surface area (Å²) in [6, 6.07) is 5.95. The van der Waals surface area contributed by atoms with Crippen LogP contribution in [0.4, 0.5) is 0 Å². The first-order valence-electron chi connectivity index (χ1n) is 6.94. The number of carbonyl (C=O) groups excluding carboxylic acids is 1. The van der Waals surface area contributed by atoms with Crippen LogP contribution in [-0.2, 0) is 6.54 Å². The van der Waals surface area contributed by atoms with Crippen LogP contribution in [0.25, 0.3) is 0 Å². The van der Waals surface area contributed by atoms with Gasteiger partial charge in [0.25, 0.3) is 5.91 Å². The summed E-state index contributed by atoms with van der Waals surface area (Å²) < 4.78 is 0. The molecule has 0 radical (unpaired) electrons. The number of piperazine rings is 1. The average molecular weight is 303 g/mol. The number of hydrogen-bond acceptors (Lipinski definition) is 6. The summed E-state index contributed by atoms with van der Waals surface area (Å²) in [6.45, 7) is 5.87. The molecule has 0 aliphatic carbocycles. The third kappa shape index (κ3) is 3.43. The Morgan fingerprint density at radius 3 is 2.67 bits per heavy atom. The first kappa shape index (κ1) is 14.1. The lowest BCUT2D eigenvalue weighted by atomic mass is 10.2. The molecule has 0 spiro atoms. The van der Waals surface area contributed by atoms with Crippen molar-refractivity contribution in [1.29, 1.82) is 0 Å². The molecule has 21 heavy (non-hydrogen) atoms. The molecule has 1 aliphatic heterocycles. The Hall–Kier alpha value is -1.86. The Bertz CT molecular complexity index is 607. The van der Waals surface area contributed by atoms with Crippen LogP contribution in [0.1, 0.15) is 20.5 Å². The molecule has 1 aliphatic rings. The van der Waals surface area contributed by atoms with Gasteiger partial charge in [-0.2, -0.15) is 0 Å². The van der Waals surface area contributed by atoms with E-state index in [2.05, 4.69) is 20.1 Å². The van der Waals surface area contributed by atoms with Crippen LogP contribution in [0.15, 0.2) is 24.4 Å². The lowest BCUT2D eigenvalue weighted by Gasteiger charge is -2.34. The predicted octanol–water partition coefficient (Wildman–Crippen LogP) is 1.20. The number of carbonyl (C=O) groups is 1. The van der Waals surface area contributed by atoms with Gasteiger partial charge in [0.05, 0.1) is 5.69 Å². The Balaban J connectivity index is 1.54. The maximum Gasteiger partial charge on any atom is 0.284 e. The molecule has 6 nitrogen and oxygen atoms in total. The number of amides is 1. The van der Waals surface area contributed by atoms with E-state index in [-0.39, 0.29) is 5.91 Å². The topological polar surface area (TPSA) is 62.2 Å². The number of rotatable bonds is 3. The standard InChI is InChI=1S/C14H17N5OS/c1-11-16-17-13(21-11)14(20)19-8-6-18(7-9-19)10-12-4-2-3-5-15-12/h2-5H,6-10H2,1H3. The molecule has 0 unspecified atom stereocenters. The van der Waals surface area contributed by atoms with Gasteiger partial charge >= 0.3 is 0 Å². The molecule has 2 aromatic heterocycles. The molecule has 110 valence electrons. The summed E-state index contributed by atoms with van der Waals surface area (Å²) in [5.74, 6) is -0.00177. The van der Waals surface area contributed by atoms with Crippen molar-refractivity contribution >= 4 is 17.2 Å². The molecule has 1 saturated heterocycles. The van der Waals surface area contributed by atoms with E-state index in [0.29, 0.717) is 5.01 Å². The van der Waals surface area contributed by atoms with Crippen molar-refractivity contribution < 1.29 is 4.79 Å². The van der Waals surface area contributed by atoms with Gasteiger partial charge in [-0.25, -0.2) is 0 Å². The minimum absolute atomic E-state index is 0.00177. The maximum absolute atomic E-state index is 12.3. The molecule has 1 amide bonds. The van der Waals surface area contributed by atoms with Gasteiger partial charge in [0.1, 0.15) is 5.01 Å². The molecule has 3 rings (SSSR count). The number of hydrogen-bond donors (Lipinski definition) is 0. The summed E-state index contributed by atoms with van der Waals surface area (Å²) in [6.07, 6.45) is 1.81. The van der Waals surface area contributed by atoms with Crippen LogP contribution < -0.4 is 0 Å². The fourth-order valence-corrected chi connectivity index (χ4v) is 3.01. The molecule has 0 bridgehead atoms. The highest BCUT2D eigenvalue weighted by Crippen LogP contribution is 2.13. The first-order valence-corrected chi connectivity index (χ1v) is 7.75. The molecule has 0 N–H and O–H groups in total. The smallest absolute Gasteiger partial charge is 0.284 e. The zero-order chi connectivity index (χ0) is 14.7. The van der Waals surface area contributed by atoms with Crippen molar-refractivity contribution in [1.82, 2.24) is 25.0 Å². The van der Waals surface area contributed by atoms with Crippen molar-refractivity contribution in [2.45, 2.75) is 13.5 Å². The van der Waals surface area contributed by atoms with Crippen molar-refractivity contribution in [2.75, 3.05) is 26.2 Å². The highest BCUT2D eigenvalue weighted by atomic mass is 32.1. The number of aromatic nitrogens is 3. The van der Waals surface area contributed by atoms with Gasteiger partial charge in [-0.05, 0) is 19.1 Å². The quantitative estimate of drug-likeness (QED) is 0.852. The largest absolute Gasteiger partial charge is 0.334 e. The second-order valence-corrected chi connectivity index (χ2v) is 6.20. The van der Waals surface area contributed by atoms with E-state index in [0.717, 1.165) is 43.4 Å². The Morgan fingerprint density at radius 2 is 2.05 bits per heavy atom. The Labute approximate surface area is 127 Å². The van der Waals surface area contributed by atoms with Crippen LogP contribution in [0.2, 0.25) is 0 Å². The zero-order valence-electron chi connectivity index (χ0n) is 11.9. The molecule has 3 heterocycles. The van der Waals surface area contributed by atoms with Gasteiger partial charge in [0.2, 0.25) is 5.01 Å². The van der Waals surface area contributed by atoms with E-state index < -0.39 is 0 Å². The zero-order valence-corrected chi connectivity index (χ0v) is 12.7. The summed E-state index contributed by atoms with van der Waals surface area (Å²) in [5.41, 5.74) is 1.07. The van der Waals surface area contributed by atoms with Gasteiger partial charge in [-0.1, -0.05) is 17.4 Å². The monoisotopic (exact) mass is 303 g/mol. The SMILES string of the molecule is Cc1nnc(C(=O)N2CCN(Cc3ccccn3)CC2)s1. The molecule has 0 saturated carbocycles. The fraction of sp³-hybridized carbons (Fsp3) is 0.429. The number of pyridine rings is 1. The van der Waals surface area contributed by atoms with Gasteiger partial charge < -0.3 is 4.90 Å². The molecular weight excluding hydrogens is 286 g/mol. The van der Waals surface area contributed by atoms with Gasteiger partial charge in [-0.3, -0.25) is 14.7 Å². The Morgan fingerprint density at radius 1 is 1.24 bits per heavy atom. The van der Waals surface area contributed by atoms with Crippen molar-refractivity contribution in [3.05, 3.63) is 40.1 Å². The highest BCUT2D eigenvalue weighted by Gasteiger charge is 2.24. The van der Waals surface area contributed by atoms with E-state index in [1.807, 2.05) is 36.2 Å². The van der Waals surface area contributed by atoms with E-state index in [9.17, 15) is 4.79 Å². The fourth-order valence-electron chi connectivity index (χ4n) is 2.35. The normalized spacial score (nSPS) is 16.1. The third-order valence-corrected chi connectivity index (χ3v) is 4.31. The van der Waals surface area contributed by atoms with E-state index in [1.165, 1.54) is 11.3 Å².